The average molecular weight is 395 g/mol. The molecule has 4 rings (SSSR count). The number of H-pyrrole nitrogens is 1. The Hall–Kier alpha value is -1.91. The third kappa shape index (κ3) is 3.48. The van der Waals surface area contributed by atoms with E-state index in [0.717, 1.165) is 23.5 Å². The van der Waals surface area contributed by atoms with Crippen LogP contribution in [0.2, 0.25) is 0 Å². The van der Waals surface area contributed by atoms with Crippen molar-refractivity contribution in [2.24, 2.45) is 0 Å². The van der Waals surface area contributed by atoms with Crippen molar-refractivity contribution in [2.45, 2.75) is 52.9 Å². The Labute approximate surface area is 169 Å². The molecule has 1 aromatic carbocycles. The minimum atomic E-state index is 0.447. The molecule has 4 aromatic rings. The molecule has 0 fully saturated rings. The van der Waals surface area contributed by atoms with Gasteiger partial charge in [-0.05, 0) is 54.2 Å². The van der Waals surface area contributed by atoms with E-state index in [1.807, 2.05) is 28.9 Å². The van der Waals surface area contributed by atoms with E-state index in [0.29, 0.717) is 11.8 Å². The van der Waals surface area contributed by atoms with Crippen LogP contribution in [0, 0.1) is 13.8 Å². The summed E-state index contributed by atoms with van der Waals surface area (Å²) in [5.41, 5.74) is 6.56. The number of aryl methyl sites for hydroxylation is 2. The molecule has 2 nitrogen and oxygen atoms in total. The van der Waals surface area contributed by atoms with Gasteiger partial charge in [0.2, 0.25) is 0 Å². The van der Waals surface area contributed by atoms with Gasteiger partial charge in [0.1, 0.15) is 5.82 Å². The number of nitrogens with zero attached hydrogens (tertiary/aromatic N) is 1. The van der Waals surface area contributed by atoms with E-state index in [1.165, 1.54) is 31.0 Å². The number of nitrogens with one attached hydrogen (secondary N) is 1. The van der Waals surface area contributed by atoms with Gasteiger partial charge in [0.25, 0.3) is 0 Å². The number of fused-ring (bicyclic) bond motifs is 1. The Morgan fingerprint density at radius 2 is 1.81 bits per heavy atom. The molecule has 27 heavy (non-hydrogen) atoms. The van der Waals surface area contributed by atoms with E-state index < -0.39 is 0 Å². The van der Waals surface area contributed by atoms with E-state index in [1.54, 1.807) is 0 Å². The molecule has 0 aliphatic heterocycles. The fraction of sp³-hybridized carbons (Fsp3) is 0.348. The largest absolute Gasteiger partial charge is 0.344 e. The monoisotopic (exact) mass is 394 g/mol. The number of hydrogen-bond donors (Lipinski definition) is 1. The number of rotatable bonds is 5. The maximum absolute atomic E-state index is 4.70. The number of benzene rings is 1. The molecular weight excluding hydrogens is 368 g/mol. The predicted octanol–water partition coefficient (Wildman–Crippen LogP) is 7.44. The summed E-state index contributed by atoms with van der Waals surface area (Å²) in [7, 11) is 0. The van der Waals surface area contributed by atoms with Gasteiger partial charge >= 0.3 is 0 Å². The molecule has 1 N–H and O–H groups in total. The topological polar surface area (TPSA) is 28.7 Å². The highest BCUT2D eigenvalue weighted by molar-refractivity contribution is 7.37. The summed E-state index contributed by atoms with van der Waals surface area (Å²) in [6.45, 7) is 11.2. The minimum absolute atomic E-state index is 0.447. The summed E-state index contributed by atoms with van der Waals surface area (Å²) >= 11 is 3.87. The van der Waals surface area contributed by atoms with Crippen molar-refractivity contribution in [2.75, 3.05) is 0 Å². The van der Waals surface area contributed by atoms with E-state index in [-0.39, 0.29) is 0 Å². The minimum Gasteiger partial charge on any atom is -0.344 e. The number of imidazole rings is 1. The van der Waals surface area contributed by atoms with Gasteiger partial charge in [-0.25, -0.2) is 4.98 Å². The number of aromatic amines is 1. The van der Waals surface area contributed by atoms with E-state index in [9.17, 15) is 0 Å². The Kier molecular flexibility index (Phi) is 4.95. The molecule has 1 atom stereocenters. The van der Waals surface area contributed by atoms with Crippen LogP contribution in [0.25, 0.3) is 20.8 Å². The van der Waals surface area contributed by atoms with Crippen LogP contribution >= 0.6 is 22.7 Å². The van der Waals surface area contributed by atoms with Crippen LogP contribution in [0.4, 0.5) is 0 Å². The molecule has 0 bridgehead atoms. The van der Waals surface area contributed by atoms with Gasteiger partial charge in [-0.2, -0.15) is 0 Å². The van der Waals surface area contributed by atoms with Gasteiger partial charge in [0.05, 0.1) is 9.71 Å². The van der Waals surface area contributed by atoms with Gasteiger partial charge in [0.15, 0.2) is 0 Å². The lowest BCUT2D eigenvalue weighted by Gasteiger charge is -2.12. The number of thiophene rings is 2. The summed E-state index contributed by atoms with van der Waals surface area (Å²) in [6.07, 6.45) is 3.09. The van der Waals surface area contributed by atoms with Crippen LogP contribution in [-0.2, 0) is 6.42 Å². The normalized spacial score (nSPS) is 13.0. The summed E-state index contributed by atoms with van der Waals surface area (Å²) in [5.74, 6) is 1.95. The molecule has 0 radical (unpaired) electrons. The van der Waals surface area contributed by atoms with Gasteiger partial charge in [-0.1, -0.05) is 45.0 Å². The second kappa shape index (κ2) is 7.25. The van der Waals surface area contributed by atoms with Crippen molar-refractivity contribution in [3.63, 3.8) is 0 Å². The first-order valence-electron chi connectivity index (χ1n) is 9.55. The van der Waals surface area contributed by atoms with Crippen LogP contribution in [-0.4, -0.2) is 9.97 Å². The molecule has 0 amide bonds. The molecule has 3 aromatic heterocycles. The molecule has 4 heteroatoms. The third-order valence-corrected chi connectivity index (χ3v) is 8.04. The van der Waals surface area contributed by atoms with Crippen LogP contribution in [0.1, 0.15) is 59.9 Å². The lowest BCUT2D eigenvalue weighted by Crippen LogP contribution is -1.98. The SMILES string of the molecule is Cc1csc2sc(C(C)Cc3ccc(-c4nc(C(C)C)c[nH]4)cc3)c(C)c12. The summed E-state index contributed by atoms with van der Waals surface area (Å²) < 4.78 is 1.47. The molecule has 0 saturated carbocycles. The molecule has 0 aliphatic rings. The highest BCUT2D eigenvalue weighted by atomic mass is 32.2. The zero-order valence-electron chi connectivity index (χ0n) is 16.6. The smallest absolute Gasteiger partial charge is 0.137 e. The highest BCUT2D eigenvalue weighted by Crippen LogP contribution is 2.41. The van der Waals surface area contributed by atoms with E-state index in [4.69, 9.17) is 4.98 Å². The molecule has 3 heterocycles. The number of hydrogen-bond acceptors (Lipinski definition) is 3. The fourth-order valence-corrected chi connectivity index (χ4v) is 6.33. The highest BCUT2D eigenvalue weighted by Gasteiger charge is 2.17. The lowest BCUT2D eigenvalue weighted by atomic mass is 9.96. The second-order valence-corrected chi connectivity index (χ2v) is 9.99. The molecule has 0 saturated heterocycles. The van der Waals surface area contributed by atoms with Crippen molar-refractivity contribution in [1.82, 2.24) is 9.97 Å². The predicted molar refractivity (Wildman–Crippen MR) is 119 cm³/mol. The first-order chi connectivity index (χ1) is 12.9. The maximum atomic E-state index is 4.70. The summed E-state index contributed by atoms with van der Waals surface area (Å²) in [5, 5.41) is 3.77. The molecular formula is C23H26N2S2. The van der Waals surface area contributed by atoms with Gasteiger partial charge < -0.3 is 4.98 Å². The molecule has 140 valence electrons. The zero-order valence-corrected chi connectivity index (χ0v) is 18.2. The van der Waals surface area contributed by atoms with Crippen LogP contribution in [0.3, 0.4) is 0 Å². The number of aromatic nitrogens is 2. The quantitative estimate of drug-likeness (QED) is 0.374. The zero-order chi connectivity index (χ0) is 19.1. The van der Waals surface area contributed by atoms with Crippen LogP contribution in [0.5, 0.6) is 0 Å². The lowest BCUT2D eigenvalue weighted by molar-refractivity contribution is 0.770. The Balaban J connectivity index is 1.52. The van der Waals surface area contributed by atoms with Crippen molar-refractivity contribution in [3.8, 4) is 11.4 Å². The molecule has 0 aliphatic carbocycles. The standard InChI is InChI=1S/C23H26N2S2/c1-13(2)19-11-24-22(25-19)18-8-6-17(7-9-18)10-14(3)21-16(5)20-15(4)12-26-23(20)27-21/h6-9,11-14H,10H2,1-5H3,(H,24,25). The summed E-state index contributed by atoms with van der Waals surface area (Å²) in [6, 6.07) is 8.88. The van der Waals surface area contributed by atoms with Gasteiger partial charge in [-0.15, -0.1) is 22.7 Å². The average Bonchev–Trinajstić information content (AvgIpc) is 3.34. The van der Waals surface area contributed by atoms with Crippen LogP contribution in [0.15, 0.2) is 35.8 Å². The van der Waals surface area contributed by atoms with Gasteiger partial charge in [0, 0.05) is 22.0 Å². The molecule has 0 spiro atoms. The van der Waals surface area contributed by atoms with Crippen molar-refractivity contribution in [3.05, 3.63) is 63.1 Å². The first-order valence-corrected chi connectivity index (χ1v) is 11.3. The Morgan fingerprint density at radius 1 is 1.07 bits per heavy atom. The van der Waals surface area contributed by atoms with Crippen molar-refractivity contribution >= 4 is 32.1 Å². The maximum Gasteiger partial charge on any atom is 0.137 e. The summed E-state index contributed by atoms with van der Waals surface area (Å²) in [4.78, 5) is 9.55. The van der Waals surface area contributed by atoms with Gasteiger partial charge in [-0.3, -0.25) is 0 Å². The second-order valence-electron chi connectivity index (χ2n) is 7.80. The van der Waals surface area contributed by atoms with E-state index in [2.05, 4.69) is 69.2 Å². The third-order valence-electron chi connectivity index (χ3n) is 5.29. The Morgan fingerprint density at radius 3 is 2.44 bits per heavy atom. The van der Waals surface area contributed by atoms with E-state index >= 15 is 0 Å². The van der Waals surface area contributed by atoms with Crippen molar-refractivity contribution in [1.29, 1.82) is 0 Å². The molecule has 1 unspecified atom stereocenters. The van der Waals surface area contributed by atoms with Crippen LogP contribution < -0.4 is 0 Å². The first kappa shape index (κ1) is 18.5. The van der Waals surface area contributed by atoms with Crippen molar-refractivity contribution < 1.29 is 0 Å². The fourth-order valence-electron chi connectivity index (χ4n) is 3.74. The Bertz CT molecular complexity index is 1060.